The number of phenols is 1. The van der Waals surface area contributed by atoms with Gasteiger partial charge in [-0.25, -0.2) is 16.8 Å². The van der Waals surface area contributed by atoms with E-state index < -0.39 is 36.8 Å². The summed E-state index contributed by atoms with van der Waals surface area (Å²) >= 11 is 0. The topological polar surface area (TPSA) is 213 Å². The molecule has 0 atom stereocenters. The molecule has 17 heteroatoms. The minimum Gasteiger partial charge on any atom is -0.744 e. The summed E-state index contributed by atoms with van der Waals surface area (Å²) in [4.78, 5) is 11.5. The molecule has 0 heterocycles. The minimum absolute atomic E-state index is 0. The minimum atomic E-state index is -5.04. The van der Waals surface area contributed by atoms with Gasteiger partial charge in [0.25, 0.3) is 5.91 Å². The standard InChI is InChI=1S/C29H21N5O8S2.2Na/c35-28-24-15-12-22(30-29(36)18-4-2-1-3-5-18)16-25(24)27(44(40,41)42)17-26(28)34-33-20-8-6-19(7-9-20)31-32-21-10-13-23(14-11-21)43(37,38)39;;/h1-17,35H,(H,30,36)(H,37,38,39)(H,40,41,42);;/q;2*+1/p-2. The van der Waals surface area contributed by atoms with Crippen LogP contribution in [0.4, 0.5) is 28.4 Å². The van der Waals surface area contributed by atoms with Crippen molar-refractivity contribution in [2.45, 2.75) is 9.79 Å². The maximum atomic E-state index is 12.5. The van der Waals surface area contributed by atoms with Crippen LogP contribution in [0.25, 0.3) is 10.8 Å². The van der Waals surface area contributed by atoms with Crippen molar-refractivity contribution >= 4 is 65.4 Å². The Balaban J connectivity index is 0.00000288. The number of amides is 1. The zero-order chi connectivity index (χ0) is 31.5. The number of benzene rings is 5. The number of carbonyl (C=O) groups excluding carboxylic acids is 1. The SMILES string of the molecule is O=C(Nc1ccc2c(O)c(N=Nc3ccc(N=Nc4ccc(S(=O)(=O)[O-])cc4)cc3)cc(S(=O)(=O)[O-])c2c1)c1ccccc1.[Na+].[Na+]. The molecule has 13 nitrogen and oxygen atoms in total. The van der Waals surface area contributed by atoms with Gasteiger partial charge in [-0.05, 0) is 84.9 Å². The molecule has 0 unspecified atom stereocenters. The first-order chi connectivity index (χ1) is 20.9. The first kappa shape index (κ1) is 37.1. The van der Waals surface area contributed by atoms with E-state index >= 15 is 0 Å². The molecule has 0 bridgehead atoms. The summed E-state index contributed by atoms with van der Waals surface area (Å²) < 4.78 is 69.5. The van der Waals surface area contributed by atoms with Crippen LogP contribution >= 0.6 is 0 Å². The third-order valence-corrected chi connectivity index (χ3v) is 7.87. The van der Waals surface area contributed by atoms with Crippen LogP contribution in [0.2, 0.25) is 0 Å². The predicted octanol–water partition coefficient (Wildman–Crippen LogP) is 0.445. The van der Waals surface area contributed by atoms with E-state index in [2.05, 4.69) is 25.8 Å². The summed E-state index contributed by atoms with van der Waals surface area (Å²) in [5, 5.41) is 29.3. The molecular weight excluding hydrogens is 656 g/mol. The van der Waals surface area contributed by atoms with Crippen LogP contribution < -0.4 is 64.4 Å². The van der Waals surface area contributed by atoms with Crippen LogP contribution in [0, 0.1) is 0 Å². The van der Waals surface area contributed by atoms with Gasteiger partial charge < -0.3 is 19.5 Å². The number of hydrogen-bond donors (Lipinski definition) is 2. The number of nitrogens with zero attached hydrogens (tertiary/aromatic N) is 4. The van der Waals surface area contributed by atoms with E-state index in [9.17, 15) is 35.8 Å². The smallest absolute Gasteiger partial charge is 0.744 e. The zero-order valence-corrected chi connectivity index (χ0v) is 29.9. The summed E-state index contributed by atoms with van der Waals surface area (Å²) in [5.74, 6) is -0.885. The van der Waals surface area contributed by atoms with Crippen molar-refractivity contribution in [2.75, 3.05) is 5.32 Å². The van der Waals surface area contributed by atoms with E-state index in [1.54, 1.807) is 30.3 Å². The molecule has 222 valence electrons. The van der Waals surface area contributed by atoms with Crippen LogP contribution in [0.3, 0.4) is 0 Å². The van der Waals surface area contributed by atoms with Gasteiger partial charge in [0, 0.05) is 22.0 Å². The summed E-state index contributed by atoms with van der Waals surface area (Å²) in [7, 11) is -9.61. The van der Waals surface area contributed by atoms with Crippen molar-refractivity contribution in [1.82, 2.24) is 0 Å². The molecule has 0 aliphatic heterocycles. The molecule has 0 aliphatic carbocycles. The largest absolute Gasteiger partial charge is 1.00 e. The first-order valence-corrected chi connectivity index (χ1v) is 15.3. The van der Waals surface area contributed by atoms with Gasteiger partial charge in [0.2, 0.25) is 0 Å². The number of phenolic OH excluding ortho intramolecular Hbond substituents is 1. The van der Waals surface area contributed by atoms with Crippen LogP contribution in [0.5, 0.6) is 5.75 Å². The Morgan fingerprint density at radius 2 is 1.15 bits per heavy atom. The molecule has 46 heavy (non-hydrogen) atoms. The molecule has 0 fully saturated rings. The van der Waals surface area contributed by atoms with E-state index in [1.807, 2.05) is 0 Å². The summed E-state index contributed by atoms with van der Waals surface area (Å²) in [6.07, 6.45) is 0. The molecule has 5 rings (SSSR count). The Labute approximate surface area is 307 Å². The van der Waals surface area contributed by atoms with Crippen molar-refractivity contribution < 1.29 is 95.0 Å². The van der Waals surface area contributed by atoms with Crippen molar-refractivity contribution in [3.63, 3.8) is 0 Å². The number of fused-ring (bicyclic) bond motifs is 1. The Hall–Kier alpha value is -3.35. The van der Waals surface area contributed by atoms with Gasteiger partial charge in [-0.3, -0.25) is 4.79 Å². The quantitative estimate of drug-likeness (QED) is 0.133. The summed E-state index contributed by atoms with van der Waals surface area (Å²) in [5.41, 5.74) is 1.29. The predicted molar refractivity (Wildman–Crippen MR) is 157 cm³/mol. The molecule has 0 aliphatic rings. The number of aromatic hydroxyl groups is 1. The van der Waals surface area contributed by atoms with Crippen molar-refractivity contribution in [3.8, 4) is 5.75 Å². The zero-order valence-electron chi connectivity index (χ0n) is 24.2. The van der Waals surface area contributed by atoms with E-state index in [0.717, 1.165) is 18.2 Å². The van der Waals surface area contributed by atoms with Gasteiger partial charge in [-0.15, -0.1) is 5.11 Å². The maximum Gasteiger partial charge on any atom is 1.00 e. The second-order valence-corrected chi connectivity index (χ2v) is 11.9. The van der Waals surface area contributed by atoms with Crippen LogP contribution in [0.15, 0.2) is 133 Å². The number of anilines is 1. The fourth-order valence-corrected chi connectivity index (χ4v) is 5.17. The number of nitrogens with one attached hydrogen (secondary N) is 1. The molecule has 0 spiro atoms. The van der Waals surface area contributed by atoms with Gasteiger partial charge >= 0.3 is 59.1 Å². The van der Waals surface area contributed by atoms with Gasteiger partial charge in [0.05, 0.1) is 26.9 Å². The third-order valence-electron chi connectivity index (χ3n) is 6.14. The molecule has 2 N–H and O–H groups in total. The molecule has 5 aromatic rings. The molecular formula is C29H19N5Na2O8S2. The van der Waals surface area contributed by atoms with Crippen molar-refractivity contribution in [2.24, 2.45) is 20.5 Å². The summed E-state index contributed by atoms with van der Waals surface area (Å²) in [6.45, 7) is 0. The van der Waals surface area contributed by atoms with Crippen LogP contribution in [0.1, 0.15) is 10.4 Å². The molecule has 0 saturated carbocycles. The van der Waals surface area contributed by atoms with E-state index in [0.29, 0.717) is 22.6 Å². The average Bonchev–Trinajstić information content (AvgIpc) is 3.00. The fourth-order valence-electron chi connectivity index (χ4n) is 4.01. The average molecular weight is 676 g/mol. The second kappa shape index (κ2) is 15.5. The van der Waals surface area contributed by atoms with E-state index in [-0.39, 0.29) is 86.2 Å². The number of azo groups is 2. The Morgan fingerprint density at radius 3 is 1.67 bits per heavy atom. The number of hydrogen-bond acceptors (Lipinski definition) is 12. The van der Waals surface area contributed by atoms with E-state index in [1.165, 1.54) is 54.6 Å². The Bertz CT molecular complexity index is 2160. The van der Waals surface area contributed by atoms with Crippen molar-refractivity contribution in [1.29, 1.82) is 0 Å². The molecule has 1 amide bonds. The van der Waals surface area contributed by atoms with Gasteiger partial charge in [-0.2, -0.15) is 15.3 Å². The fraction of sp³-hybridized carbons (Fsp3) is 0. The van der Waals surface area contributed by atoms with Crippen LogP contribution in [-0.2, 0) is 20.2 Å². The molecule has 0 aromatic heterocycles. The van der Waals surface area contributed by atoms with Gasteiger partial charge in [0.1, 0.15) is 25.9 Å². The molecule has 5 aromatic carbocycles. The number of rotatable bonds is 8. The summed E-state index contributed by atoms with van der Waals surface area (Å²) in [6, 6.07) is 24.3. The Morgan fingerprint density at radius 1 is 0.630 bits per heavy atom. The third kappa shape index (κ3) is 9.13. The maximum absolute atomic E-state index is 12.5. The molecule has 0 radical (unpaired) electrons. The normalized spacial score (nSPS) is 11.7. The van der Waals surface area contributed by atoms with Crippen LogP contribution in [-0.4, -0.2) is 37.0 Å². The first-order valence-electron chi connectivity index (χ1n) is 12.5. The van der Waals surface area contributed by atoms with Gasteiger partial charge in [0.15, 0.2) is 5.75 Å². The van der Waals surface area contributed by atoms with Crippen molar-refractivity contribution in [3.05, 3.63) is 109 Å². The molecule has 0 saturated heterocycles. The Kier molecular flexibility index (Phi) is 12.5. The second-order valence-electron chi connectivity index (χ2n) is 9.14. The monoisotopic (exact) mass is 675 g/mol. The van der Waals surface area contributed by atoms with E-state index in [4.69, 9.17) is 0 Å². The number of carbonyl (C=O) groups is 1. The van der Waals surface area contributed by atoms with Gasteiger partial charge in [-0.1, -0.05) is 18.2 Å².